The molecular formula is C104H116ClF3N22O7. The average molecular weight is 1880 g/mol. The Morgan fingerprint density at radius 1 is 0.438 bits per heavy atom. The maximum absolute atomic E-state index is 13.9. The molecule has 0 radical (unpaired) electrons. The third-order valence-electron chi connectivity index (χ3n) is 28.3. The fourth-order valence-electron chi connectivity index (χ4n) is 21.3. The fourth-order valence-corrected chi connectivity index (χ4v) is 21.6. The number of aryl methyl sites for hydroxylation is 2. The predicted molar refractivity (Wildman–Crippen MR) is 523 cm³/mol. The molecule has 9 aliphatic rings. The standard InChI is InChI=1S/C39H42FN7O2.C34H40FN7O3.C31H34ClFN8O2/c1-27-9-6-12-30-13-7-15-35(36(27)30)45-20-17-33-34(25-45)42-39(49-26-32-14-8-19-44(32)23-29-10-4-3-5-11-29)43-37(33)46-21-22-47(38(48)28(2)40)31(24-46)16-18-41;1-23-6-3-7-25-8-4-10-30(31(23)25)40-15-12-28-29(21-40)37-34(45-22-27-9-5-14-39(27)18-19-43)38-32(28)41-16-17-42(33(44)24(2)35)26(20-41)11-13-36;1-20(33)30(42)41-16-15-40(17-22(41)8-11-34)29-24-10-14-39(26-7-3-5-21-9-12-35-28(32)27(21)26)18-25(24)36-31(37-29)43-19-23-6-4-13-38(23)2/h3-7,9-13,15,31-32H,2,8,14,16-17,19-26H2,1H3;3-4,6-8,10,26-27,43H,2,5,9,11-12,14-22H2,1H3;3,5,7,9,12,22-23H,1,4,6,8,10,13-19H2,2H3/t31-,32-;26-,27-;22-,23-/m000/s1. The van der Waals surface area contributed by atoms with E-state index in [9.17, 15) is 48.4 Å². The molecule has 13 heterocycles. The van der Waals surface area contributed by atoms with Crippen molar-refractivity contribution in [3.63, 3.8) is 0 Å². The Labute approximate surface area is 802 Å². The summed E-state index contributed by atoms with van der Waals surface area (Å²) < 4.78 is 60.5. The van der Waals surface area contributed by atoms with Gasteiger partial charge in [0.25, 0.3) is 17.7 Å². The van der Waals surface area contributed by atoms with E-state index in [1.54, 1.807) is 6.20 Å². The number of carbonyl (C=O) groups is 3. The molecule has 19 rings (SSSR count). The Hall–Kier alpha value is -13.3. The monoisotopic (exact) mass is 1880 g/mol. The number of rotatable bonds is 25. The van der Waals surface area contributed by atoms with Crippen LogP contribution >= 0.6 is 11.6 Å². The number of aliphatic hydroxyl groups is 1. The zero-order valence-electron chi connectivity index (χ0n) is 78.0. The zero-order valence-corrected chi connectivity index (χ0v) is 78.7. The van der Waals surface area contributed by atoms with Crippen LogP contribution in [0.1, 0.15) is 108 Å². The number of aromatic nitrogens is 7. The van der Waals surface area contributed by atoms with E-state index in [0.29, 0.717) is 134 Å². The molecule has 9 aliphatic heterocycles. The third kappa shape index (κ3) is 21.3. The Morgan fingerprint density at radius 2 is 0.810 bits per heavy atom. The summed E-state index contributed by atoms with van der Waals surface area (Å²) in [7, 11) is 2.10. The fraction of sp³-hybridized carbons (Fsp3) is 0.433. The summed E-state index contributed by atoms with van der Waals surface area (Å²) in [6.45, 7) is 26.9. The molecule has 29 nitrogen and oxygen atoms in total. The molecule has 0 saturated carbocycles. The SMILES string of the molecule is C=C(F)C(=O)N1CCN(c2nc(OC[C@@H]3CCCN3C)nc3c2CCN(c2cccc4ccnc(Cl)c24)C3)C[C@@H]1CC#N.C=C(F)C(=O)N1CCN(c2nc(OC[C@@H]3CCCN3CCO)nc3c2CCN(c2cccc4cccc(C)c24)C3)C[C@@H]1CC#N.C=C(F)C(=O)N1CCN(c2nc(OC[C@@H]3CCCN3Cc3ccccc3)nc3c2CCN(c2cccc4cccc(C)c24)C3)C[C@@H]1CC#N. The van der Waals surface area contributed by atoms with Gasteiger partial charge in [-0.3, -0.25) is 24.2 Å². The minimum absolute atomic E-state index is 0.0722. The van der Waals surface area contributed by atoms with Crippen LogP contribution in [0.3, 0.4) is 0 Å². The molecule has 6 saturated heterocycles. The molecule has 6 aromatic carbocycles. The van der Waals surface area contributed by atoms with Crippen molar-refractivity contribution in [3.05, 3.63) is 226 Å². The minimum atomic E-state index is -1.02. The van der Waals surface area contributed by atoms with E-state index < -0.39 is 53.3 Å². The van der Waals surface area contributed by atoms with Crippen molar-refractivity contribution in [1.29, 1.82) is 15.8 Å². The van der Waals surface area contributed by atoms with Gasteiger partial charge in [0.15, 0.2) is 17.5 Å². The highest BCUT2D eigenvalue weighted by atomic mass is 35.5. The molecule has 1 N–H and O–H groups in total. The Kier molecular flexibility index (Phi) is 30.2. The predicted octanol–water partition coefficient (Wildman–Crippen LogP) is 13.8. The van der Waals surface area contributed by atoms with Gasteiger partial charge in [-0.2, -0.15) is 45.7 Å². The number of carbonyl (C=O) groups excluding carboxylic acids is 3. The van der Waals surface area contributed by atoms with Crippen molar-refractivity contribution in [1.82, 2.24) is 64.3 Å². The molecule has 33 heteroatoms. The first kappa shape index (κ1) is 95.4. The summed E-state index contributed by atoms with van der Waals surface area (Å²) >= 11 is 6.57. The number of piperazine rings is 3. The van der Waals surface area contributed by atoms with E-state index in [4.69, 9.17) is 55.7 Å². The summed E-state index contributed by atoms with van der Waals surface area (Å²) in [5, 5.41) is 45.4. The van der Waals surface area contributed by atoms with Crippen molar-refractivity contribution in [2.24, 2.45) is 0 Å². The number of likely N-dealkylation sites (tertiary alicyclic amines) is 3. The van der Waals surface area contributed by atoms with Gasteiger partial charge in [0.1, 0.15) is 42.4 Å². The lowest BCUT2D eigenvalue weighted by atomic mass is 9.99. The van der Waals surface area contributed by atoms with Gasteiger partial charge in [0, 0.05) is 166 Å². The number of nitriles is 3. The van der Waals surface area contributed by atoms with Crippen molar-refractivity contribution >= 4 is 96.2 Å². The van der Waals surface area contributed by atoms with E-state index in [1.807, 2.05) is 24.3 Å². The van der Waals surface area contributed by atoms with Gasteiger partial charge in [0.05, 0.1) is 98.9 Å². The van der Waals surface area contributed by atoms with Crippen molar-refractivity contribution < 1.29 is 46.9 Å². The number of likely N-dealkylation sites (N-methyl/N-ethyl adjacent to an activating group) is 1. The number of aliphatic hydroxyl groups excluding tert-OH is 1. The second-order valence-electron chi connectivity index (χ2n) is 36.8. The largest absolute Gasteiger partial charge is 0.462 e. The molecule has 10 aromatic rings. The quantitative estimate of drug-likeness (QED) is 0.0410. The van der Waals surface area contributed by atoms with Gasteiger partial charge < -0.3 is 68.3 Å². The van der Waals surface area contributed by atoms with Gasteiger partial charge in [-0.1, -0.05) is 134 Å². The van der Waals surface area contributed by atoms with Crippen LogP contribution in [0.25, 0.3) is 32.3 Å². The number of benzene rings is 6. The number of ether oxygens (including phenoxy) is 3. The molecule has 0 spiro atoms. The molecular weight excluding hydrogens is 1760 g/mol. The lowest BCUT2D eigenvalue weighted by Crippen LogP contribution is -2.55. The van der Waals surface area contributed by atoms with Gasteiger partial charge in [0.2, 0.25) is 0 Å². The van der Waals surface area contributed by atoms with Crippen LogP contribution in [-0.2, 0) is 59.8 Å². The molecule has 137 heavy (non-hydrogen) atoms. The zero-order chi connectivity index (χ0) is 95.5. The molecule has 712 valence electrons. The number of hydrogen-bond donors (Lipinski definition) is 1. The van der Waals surface area contributed by atoms with Crippen LogP contribution in [-0.4, -0.2) is 262 Å². The van der Waals surface area contributed by atoms with Crippen LogP contribution in [0.15, 0.2) is 171 Å². The van der Waals surface area contributed by atoms with Crippen molar-refractivity contribution in [2.75, 3.05) is 168 Å². The first-order chi connectivity index (χ1) is 66.6. The van der Waals surface area contributed by atoms with Crippen molar-refractivity contribution in [2.45, 2.75) is 153 Å². The van der Waals surface area contributed by atoms with Gasteiger partial charge in [-0.15, -0.1) is 0 Å². The van der Waals surface area contributed by atoms with Gasteiger partial charge in [-0.25, -0.2) is 18.2 Å². The molecule has 3 amide bonds. The number of hydrogen-bond acceptors (Lipinski definition) is 26. The number of amides is 3. The summed E-state index contributed by atoms with van der Waals surface area (Å²) in [5.41, 5.74) is 12.8. The second kappa shape index (κ2) is 43.4. The lowest BCUT2D eigenvalue weighted by Gasteiger charge is -2.42. The first-order valence-electron chi connectivity index (χ1n) is 47.6. The van der Waals surface area contributed by atoms with E-state index in [2.05, 4.69) is 211 Å². The van der Waals surface area contributed by atoms with Crippen LogP contribution in [0.5, 0.6) is 18.0 Å². The third-order valence-corrected chi connectivity index (χ3v) is 28.6. The van der Waals surface area contributed by atoms with E-state index in [-0.39, 0.29) is 57.6 Å². The van der Waals surface area contributed by atoms with E-state index in [0.717, 1.165) is 158 Å². The van der Waals surface area contributed by atoms with Crippen LogP contribution in [0.4, 0.5) is 47.7 Å². The van der Waals surface area contributed by atoms with Crippen LogP contribution < -0.4 is 43.6 Å². The molecule has 0 unspecified atom stereocenters. The number of pyridine rings is 1. The normalized spacial score (nSPS) is 20.1. The number of fused-ring (bicyclic) bond motifs is 6. The lowest BCUT2D eigenvalue weighted by molar-refractivity contribution is -0.132. The van der Waals surface area contributed by atoms with Crippen LogP contribution in [0, 0.1) is 47.8 Å². The minimum Gasteiger partial charge on any atom is -0.462 e. The van der Waals surface area contributed by atoms with Crippen molar-refractivity contribution in [3.8, 4) is 36.2 Å². The maximum Gasteiger partial charge on any atom is 0.318 e. The Morgan fingerprint density at radius 3 is 1.20 bits per heavy atom. The maximum atomic E-state index is 13.9. The van der Waals surface area contributed by atoms with Gasteiger partial charge in [-0.05, 0) is 155 Å². The molecule has 6 fully saturated rings. The van der Waals surface area contributed by atoms with E-state index in [1.165, 1.54) is 58.6 Å². The number of nitrogens with zero attached hydrogens (tertiary/aromatic N) is 22. The van der Waals surface area contributed by atoms with Crippen LogP contribution in [0.2, 0.25) is 5.15 Å². The summed E-state index contributed by atoms with van der Waals surface area (Å²) in [6, 6.07) is 50.8. The number of anilines is 6. The first-order valence-corrected chi connectivity index (χ1v) is 48.0. The smallest absolute Gasteiger partial charge is 0.318 e. The summed E-state index contributed by atoms with van der Waals surface area (Å²) in [5.74, 6) is -3.09. The highest BCUT2D eigenvalue weighted by molar-refractivity contribution is 6.35. The Bertz CT molecular complexity index is 6280. The average Bonchev–Trinajstić information content (AvgIpc) is 1.14. The molecule has 0 bridgehead atoms. The molecule has 4 aromatic heterocycles. The number of β-amino-alcohol motifs (C(OH)–C–C–N with tert-alkyl or cyclic N) is 1. The Balaban J connectivity index is 0.000000143. The molecule has 6 atom stereocenters. The number of halogens is 4. The van der Waals surface area contributed by atoms with E-state index >= 15 is 0 Å². The topological polar surface area (TPSA) is 300 Å². The van der Waals surface area contributed by atoms with Gasteiger partial charge >= 0.3 is 18.0 Å². The molecule has 0 aliphatic carbocycles. The summed E-state index contributed by atoms with van der Waals surface area (Å²) in [6.07, 6.45) is 10.4. The highest BCUT2D eigenvalue weighted by Gasteiger charge is 2.41. The second-order valence-corrected chi connectivity index (χ2v) is 37.1. The highest BCUT2D eigenvalue weighted by Crippen LogP contribution is 2.43. The summed E-state index contributed by atoms with van der Waals surface area (Å²) in [4.78, 5) is 96.3.